The molecule has 4 aromatic rings. The number of unbranched alkanes of at least 4 members (excludes halogenated alkanes) is 2. The van der Waals surface area contributed by atoms with E-state index in [4.69, 9.17) is 0 Å². The molecular formula is C21H22N2. The SMILES string of the molecule is c1ccc2[nH]c(CCCCCc3cc4ccccc4[nH]3)cc2c1. The number of aryl methyl sites for hydroxylation is 2. The van der Waals surface area contributed by atoms with Gasteiger partial charge >= 0.3 is 0 Å². The Kier molecular flexibility index (Phi) is 3.89. The first-order valence-electron chi connectivity index (χ1n) is 8.52. The number of para-hydroxylation sites is 2. The van der Waals surface area contributed by atoms with Gasteiger partial charge < -0.3 is 9.97 Å². The van der Waals surface area contributed by atoms with Crippen molar-refractivity contribution in [2.45, 2.75) is 32.1 Å². The number of nitrogens with one attached hydrogen (secondary N) is 2. The first kappa shape index (κ1) is 14.1. The van der Waals surface area contributed by atoms with Crippen molar-refractivity contribution < 1.29 is 0 Å². The number of hydrogen-bond donors (Lipinski definition) is 2. The van der Waals surface area contributed by atoms with Crippen molar-refractivity contribution in [1.82, 2.24) is 9.97 Å². The summed E-state index contributed by atoms with van der Waals surface area (Å²) in [5.41, 5.74) is 5.22. The summed E-state index contributed by atoms with van der Waals surface area (Å²) in [4.78, 5) is 7.03. The number of rotatable bonds is 6. The van der Waals surface area contributed by atoms with Crippen LogP contribution >= 0.6 is 0 Å². The van der Waals surface area contributed by atoms with Gasteiger partial charge in [0.25, 0.3) is 0 Å². The Morgan fingerprint density at radius 1 is 0.565 bits per heavy atom. The minimum Gasteiger partial charge on any atom is -0.358 e. The van der Waals surface area contributed by atoms with E-state index in [1.54, 1.807) is 0 Å². The predicted molar refractivity (Wildman–Crippen MR) is 97.9 cm³/mol. The van der Waals surface area contributed by atoms with Crippen LogP contribution in [0.25, 0.3) is 21.8 Å². The standard InChI is InChI=1S/C21H22N2/c1(2-10-18-14-16-8-4-6-12-20(16)22-18)3-11-19-15-17-9-5-7-13-21(17)23-19/h4-9,12-15,22-23H,1-3,10-11H2. The van der Waals surface area contributed by atoms with Gasteiger partial charge in [-0.15, -0.1) is 0 Å². The predicted octanol–water partition coefficient (Wildman–Crippen LogP) is 5.60. The van der Waals surface area contributed by atoms with E-state index in [1.165, 1.54) is 52.5 Å². The molecule has 2 nitrogen and oxygen atoms in total. The van der Waals surface area contributed by atoms with Crippen LogP contribution in [0, 0.1) is 0 Å². The largest absolute Gasteiger partial charge is 0.358 e. The van der Waals surface area contributed by atoms with Gasteiger partial charge in [-0.05, 0) is 60.7 Å². The lowest BCUT2D eigenvalue weighted by atomic mass is 10.1. The molecule has 0 saturated carbocycles. The lowest BCUT2D eigenvalue weighted by Crippen LogP contribution is -1.89. The summed E-state index contributed by atoms with van der Waals surface area (Å²) < 4.78 is 0. The van der Waals surface area contributed by atoms with Crippen LogP contribution in [0.4, 0.5) is 0 Å². The second-order valence-electron chi connectivity index (χ2n) is 6.32. The third-order valence-corrected chi connectivity index (χ3v) is 4.56. The van der Waals surface area contributed by atoms with E-state index in [0.29, 0.717) is 0 Å². The molecule has 0 spiro atoms. The van der Waals surface area contributed by atoms with Crippen molar-refractivity contribution in [1.29, 1.82) is 0 Å². The molecule has 0 atom stereocenters. The van der Waals surface area contributed by atoms with Crippen molar-refractivity contribution in [3.05, 3.63) is 72.1 Å². The highest BCUT2D eigenvalue weighted by Crippen LogP contribution is 2.18. The number of benzene rings is 2. The van der Waals surface area contributed by atoms with Crippen LogP contribution in [-0.4, -0.2) is 9.97 Å². The van der Waals surface area contributed by atoms with E-state index in [1.807, 2.05) is 0 Å². The van der Waals surface area contributed by atoms with Gasteiger partial charge in [0.15, 0.2) is 0 Å². The normalized spacial score (nSPS) is 11.5. The van der Waals surface area contributed by atoms with Crippen molar-refractivity contribution >= 4 is 21.8 Å². The van der Waals surface area contributed by atoms with Crippen LogP contribution in [0.3, 0.4) is 0 Å². The molecule has 0 aliphatic rings. The summed E-state index contributed by atoms with van der Waals surface area (Å²) >= 11 is 0. The number of aromatic amines is 2. The van der Waals surface area contributed by atoms with Gasteiger partial charge in [0.05, 0.1) is 0 Å². The third-order valence-electron chi connectivity index (χ3n) is 4.56. The summed E-state index contributed by atoms with van der Waals surface area (Å²) in [6, 6.07) is 21.6. The first-order valence-corrected chi connectivity index (χ1v) is 8.52. The Balaban J connectivity index is 1.27. The van der Waals surface area contributed by atoms with Gasteiger partial charge in [0, 0.05) is 22.4 Å². The molecule has 2 aromatic heterocycles. The molecule has 0 aliphatic heterocycles. The summed E-state index contributed by atoms with van der Waals surface area (Å²) in [6.45, 7) is 0. The minimum atomic E-state index is 1.14. The van der Waals surface area contributed by atoms with E-state index in [9.17, 15) is 0 Å². The average molecular weight is 302 g/mol. The lowest BCUT2D eigenvalue weighted by Gasteiger charge is -1.99. The highest BCUT2D eigenvalue weighted by molar-refractivity contribution is 5.80. The fourth-order valence-electron chi connectivity index (χ4n) is 3.34. The van der Waals surface area contributed by atoms with Gasteiger partial charge in [-0.3, -0.25) is 0 Å². The Morgan fingerprint density at radius 3 is 1.52 bits per heavy atom. The fourth-order valence-corrected chi connectivity index (χ4v) is 3.34. The second kappa shape index (κ2) is 6.33. The smallest absolute Gasteiger partial charge is 0.0456 e. The molecule has 2 N–H and O–H groups in total. The quantitative estimate of drug-likeness (QED) is 0.434. The highest BCUT2D eigenvalue weighted by atomic mass is 14.7. The van der Waals surface area contributed by atoms with E-state index in [0.717, 1.165) is 12.8 Å². The number of fused-ring (bicyclic) bond motifs is 2. The maximum absolute atomic E-state index is 3.52. The fraction of sp³-hybridized carbons (Fsp3) is 0.238. The molecule has 0 unspecified atom stereocenters. The molecule has 4 rings (SSSR count). The van der Waals surface area contributed by atoms with E-state index < -0.39 is 0 Å². The van der Waals surface area contributed by atoms with E-state index in [2.05, 4.69) is 70.6 Å². The van der Waals surface area contributed by atoms with Crippen LogP contribution in [0.1, 0.15) is 30.7 Å². The molecule has 0 aliphatic carbocycles. The van der Waals surface area contributed by atoms with Crippen molar-refractivity contribution in [2.75, 3.05) is 0 Å². The summed E-state index contributed by atoms with van der Waals surface area (Å²) in [5.74, 6) is 0. The maximum atomic E-state index is 3.52. The van der Waals surface area contributed by atoms with Crippen LogP contribution in [0.2, 0.25) is 0 Å². The monoisotopic (exact) mass is 302 g/mol. The first-order chi connectivity index (χ1) is 11.4. The van der Waals surface area contributed by atoms with Crippen LogP contribution in [0.5, 0.6) is 0 Å². The second-order valence-corrected chi connectivity index (χ2v) is 6.32. The van der Waals surface area contributed by atoms with E-state index in [-0.39, 0.29) is 0 Å². The van der Waals surface area contributed by atoms with Gasteiger partial charge in [-0.25, -0.2) is 0 Å². The van der Waals surface area contributed by atoms with Crippen LogP contribution in [0.15, 0.2) is 60.7 Å². The number of hydrogen-bond acceptors (Lipinski definition) is 0. The van der Waals surface area contributed by atoms with E-state index >= 15 is 0 Å². The Hall–Kier alpha value is -2.48. The minimum absolute atomic E-state index is 1.14. The number of aromatic nitrogens is 2. The van der Waals surface area contributed by atoms with Crippen molar-refractivity contribution in [3.63, 3.8) is 0 Å². The summed E-state index contributed by atoms with van der Waals surface area (Å²) in [7, 11) is 0. The van der Waals surface area contributed by atoms with Crippen LogP contribution < -0.4 is 0 Å². The molecular weight excluding hydrogens is 280 g/mol. The summed E-state index contributed by atoms with van der Waals surface area (Å²) in [6.07, 6.45) is 6.04. The van der Waals surface area contributed by atoms with Gasteiger partial charge in [0.1, 0.15) is 0 Å². The number of H-pyrrole nitrogens is 2. The van der Waals surface area contributed by atoms with Crippen molar-refractivity contribution in [2.24, 2.45) is 0 Å². The van der Waals surface area contributed by atoms with Gasteiger partial charge in [0.2, 0.25) is 0 Å². The zero-order chi connectivity index (χ0) is 15.5. The molecule has 116 valence electrons. The zero-order valence-electron chi connectivity index (χ0n) is 13.3. The third kappa shape index (κ3) is 3.16. The van der Waals surface area contributed by atoms with Gasteiger partial charge in [-0.1, -0.05) is 42.8 Å². The molecule has 2 aromatic carbocycles. The molecule has 0 amide bonds. The van der Waals surface area contributed by atoms with Crippen LogP contribution in [-0.2, 0) is 12.8 Å². The Labute approximate surface area is 136 Å². The molecule has 0 fully saturated rings. The molecule has 2 heteroatoms. The molecule has 0 radical (unpaired) electrons. The Bertz CT molecular complexity index is 772. The topological polar surface area (TPSA) is 31.6 Å². The highest BCUT2D eigenvalue weighted by Gasteiger charge is 2.02. The maximum Gasteiger partial charge on any atom is 0.0456 e. The molecule has 0 bridgehead atoms. The molecule has 0 saturated heterocycles. The van der Waals surface area contributed by atoms with Crippen molar-refractivity contribution in [3.8, 4) is 0 Å². The average Bonchev–Trinajstić information content (AvgIpc) is 3.17. The zero-order valence-corrected chi connectivity index (χ0v) is 13.3. The van der Waals surface area contributed by atoms with Gasteiger partial charge in [-0.2, -0.15) is 0 Å². The molecule has 2 heterocycles. The summed E-state index contributed by atoms with van der Waals surface area (Å²) in [5, 5.41) is 2.64. The Morgan fingerprint density at radius 2 is 1.04 bits per heavy atom. The molecule has 23 heavy (non-hydrogen) atoms. The lowest BCUT2D eigenvalue weighted by molar-refractivity contribution is 0.669.